The molecular formula is C13H16N2O. The molecule has 1 N–H and O–H groups in total. The van der Waals surface area contributed by atoms with Gasteiger partial charge in [0.25, 0.3) is 0 Å². The molecule has 3 heteroatoms. The second kappa shape index (κ2) is 3.58. The normalized spacial score (nSPS) is 21.5. The van der Waals surface area contributed by atoms with Crippen LogP contribution >= 0.6 is 0 Å². The lowest BCUT2D eigenvalue weighted by atomic mass is 10.0. The molecule has 1 aromatic rings. The van der Waals surface area contributed by atoms with Crippen LogP contribution in [0.25, 0.3) is 0 Å². The van der Waals surface area contributed by atoms with Crippen LogP contribution in [-0.4, -0.2) is 17.4 Å². The van der Waals surface area contributed by atoms with Crippen LogP contribution in [0, 0.1) is 5.92 Å². The molecule has 1 amide bonds. The molecule has 2 fully saturated rings. The zero-order valence-electron chi connectivity index (χ0n) is 9.28. The van der Waals surface area contributed by atoms with Crippen LogP contribution in [0.5, 0.6) is 0 Å². The van der Waals surface area contributed by atoms with E-state index in [0.717, 1.165) is 37.9 Å². The van der Waals surface area contributed by atoms with E-state index in [1.807, 2.05) is 18.3 Å². The third kappa shape index (κ3) is 1.82. The summed E-state index contributed by atoms with van der Waals surface area (Å²) in [5.41, 5.74) is 1.28. The first-order valence-corrected chi connectivity index (χ1v) is 5.99. The third-order valence-corrected chi connectivity index (χ3v) is 3.61. The summed E-state index contributed by atoms with van der Waals surface area (Å²) in [6, 6.07) is 6.02. The SMILES string of the molecule is O=C(NCC1(c2ccccn2)CC1)C1CC1. The van der Waals surface area contributed by atoms with Gasteiger partial charge in [0, 0.05) is 29.8 Å². The molecule has 16 heavy (non-hydrogen) atoms. The van der Waals surface area contributed by atoms with Gasteiger partial charge in [0.2, 0.25) is 5.91 Å². The number of hydrogen-bond donors (Lipinski definition) is 1. The van der Waals surface area contributed by atoms with Gasteiger partial charge in [0.15, 0.2) is 0 Å². The number of nitrogens with one attached hydrogen (secondary N) is 1. The monoisotopic (exact) mass is 216 g/mol. The molecular weight excluding hydrogens is 200 g/mol. The molecule has 2 saturated carbocycles. The predicted molar refractivity (Wildman–Crippen MR) is 60.9 cm³/mol. The maximum Gasteiger partial charge on any atom is 0.223 e. The van der Waals surface area contributed by atoms with Gasteiger partial charge in [-0.15, -0.1) is 0 Å². The quantitative estimate of drug-likeness (QED) is 0.831. The zero-order chi connectivity index (χ0) is 11.0. The molecule has 0 aromatic carbocycles. The van der Waals surface area contributed by atoms with E-state index in [1.54, 1.807) is 0 Å². The lowest BCUT2D eigenvalue weighted by Crippen LogP contribution is -2.33. The minimum Gasteiger partial charge on any atom is -0.355 e. The first-order chi connectivity index (χ1) is 7.80. The van der Waals surface area contributed by atoms with Crippen molar-refractivity contribution in [3.63, 3.8) is 0 Å². The first kappa shape index (κ1) is 9.82. The molecule has 2 aliphatic rings. The third-order valence-electron chi connectivity index (χ3n) is 3.61. The van der Waals surface area contributed by atoms with E-state index in [0.29, 0.717) is 5.92 Å². The van der Waals surface area contributed by atoms with Crippen molar-refractivity contribution in [1.82, 2.24) is 10.3 Å². The molecule has 0 aliphatic heterocycles. The van der Waals surface area contributed by atoms with E-state index < -0.39 is 0 Å². The molecule has 1 heterocycles. The number of carbonyl (C=O) groups is 1. The number of hydrogen-bond acceptors (Lipinski definition) is 2. The highest BCUT2D eigenvalue weighted by Crippen LogP contribution is 2.46. The molecule has 0 unspecified atom stereocenters. The van der Waals surface area contributed by atoms with Crippen LogP contribution in [0.4, 0.5) is 0 Å². The summed E-state index contributed by atoms with van der Waals surface area (Å²) in [6.07, 6.45) is 6.27. The average molecular weight is 216 g/mol. The lowest BCUT2D eigenvalue weighted by Gasteiger charge is -2.15. The molecule has 3 rings (SSSR count). The van der Waals surface area contributed by atoms with Gasteiger partial charge in [-0.2, -0.15) is 0 Å². The summed E-state index contributed by atoms with van der Waals surface area (Å²) in [5, 5.41) is 3.07. The van der Waals surface area contributed by atoms with E-state index >= 15 is 0 Å². The number of rotatable bonds is 4. The standard InChI is InChI=1S/C13H16N2O/c16-12(10-4-5-10)15-9-13(6-7-13)11-3-1-2-8-14-11/h1-3,8,10H,4-7,9H2,(H,15,16). The highest BCUT2D eigenvalue weighted by molar-refractivity contribution is 5.81. The number of amides is 1. The Kier molecular flexibility index (Phi) is 2.20. The van der Waals surface area contributed by atoms with Gasteiger partial charge in [-0.3, -0.25) is 9.78 Å². The van der Waals surface area contributed by atoms with Crippen LogP contribution in [0.1, 0.15) is 31.4 Å². The fraction of sp³-hybridized carbons (Fsp3) is 0.538. The molecule has 1 aromatic heterocycles. The van der Waals surface area contributed by atoms with Gasteiger partial charge >= 0.3 is 0 Å². The number of pyridine rings is 1. The first-order valence-electron chi connectivity index (χ1n) is 5.99. The maximum atomic E-state index is 11.6. The van der Waals surface area contributed by atoms with Crippen LogP contribution in [0.2, 0.25) is 0 Å². The topological polar surface area (TPSA) is 42.0 Å². The van der Waals surface area contributed by atoms with Gasteiger partial charge in [-0.1, -0.05) is 6.07 Å². The fourth-order valence-electron chi connectivity index (χ4n) is 2.10. The van der Waals surface area contributed by atoms with Crippen molar-refractivity contribution < 1.29 is 4.79 Å². The Hall–Kier alpha value is -1.38. The van der Waals surface area contributed by atoms with E-state index in [1.165, 1.54) is 0 Å². The van der Waals surface area contributed by atoms with Crippen molar-refractivity contribution in [2.24, 2.45) is 5.92 Å². The van der Waals surface area contributed by atoms with Crippen molar-refractivity contribution in [2.45, 2.75) is 31.1 Å². The van der Waals surface area contributed by atoms with Gasteiger partial charge in [-0.05, 0) is 37.8 Å². The zero-order valence-corrected chi connectivity index (χ0v) is 9.28. The Morgan fingerprint density at radius 2 is 2.25 bits per heavy atom. The predicted octanol–water partition coefficient (Wildman–Crippen LogP) is 1.64. The summed E-state index contributed by atoms with van der Waals surface area (Å²) in [4.78, 5) is 16.0. The van der Waals surface area contributed by atoms with Gasteiger partial charge in [-0.25, -0.2) is 0 Å². The van der Waals surface area contributed by atoms with Gasteiger partial charge in [0.1, 0.15) is 0 Å². The fourth-order valence-corrected chi connectivity index (χ4v) is 2.10. The van der Waals surface area contributed by atoms with Crippen molar-refractivity contribution in [1.29, 1.82) is 0 Å². The van der Waals surface area contributed by atoms with Crippen LogP contribution in [0.15, 0.2) is 24.4 Å². The lowest BCUT2D eigenvalue weighted by molar-refractivity contribution is -0.122. The molecule has 0 spiro atoms. The highest BCUT2D eigenvalue weighted by atomic mass is 16.2. The number of aromatic nitrogens is 1. The Labute approximate surface area is 95.3 Å². The Morgan fingerprint density at radius 1 is 1.44 bits per heavy atom. The van der Waals surface area contributed by atoms with Crippen molar-refractivity contribution in [2.75, 3.05) is 6.54 Å². The number of carbonyl (C=O) groups excluding carboxylic acids is 1. The van der Waals surface area contributed by atoms with Crippen LogP contribution in [-0.2, 0) is 10.2 Å². The smallest absolute Gasteiger partial charge is 0.223 e. The molecule has 0 atom stereocenters. The van der Waals surface area contributed by atoms with E-state index in [9.17, 15) is 4.79 Å². The van der Waals surface area contributed by atoms with Crippen molar-refractivity contribution in [3.8, 4) is 0 Å². The Morgan fingerprint density at radius 3 is 2.81 bits per heavy atom. The maximum absolute atomic E-state index is 11.6. The van der Waals surface area contributed by atoms with Gasteiger partial charge < -0.3 is 5.32 Å². The number of nitrogens with zero attached hydrogens (tertiary/aromatic N) is 1. The summed E-state index contributed by atoms with van der Waals surface area (Å²) >= 11 is 0. The summed E-state index contributed by atoms with van der Waals surface area (Å²) in [6.45, 7) is 0.763. The molecule has 2 aliphatic carbocycles. The average Bonchev–Trinajstić information content (AvgIpc) is 3.19. The van der Waals surface area contributed by atoms with Crippen LogP contribution < -0.4 is 5.32 Å². The van der Waals surface area contributed by atoms with E-state index in [-0.39, 0.29) is 11.3 Å². The molecule has 0 saturated heterocycles. The second-order valence-corrected chi connectivity index (χ2v) is 4.99. The molecule has 84 valence electrons. The Balaban J connectivity index is 1.63. The molecule has 3 nitrogen and oxygen atoms in total. The van der Waals surface area contributed by atoms with Crippen molar-refractivity contribution >= 4 is 5.91 Å². The Bertz CT molecular complexity index is 394. The summed E-state index contributed by atoms with van der Waals surface area (Å²) < 4.78 is 0. The molecule has 0 bridgehead atoms. The largest absolute Gasteiger partial charge is 0.355 e. The summed E-state index contributed by atoms with van der Waals surface area (Å²) in [5.74, 6) is 0.543. The van der Waals surface area contributed by atoms with E-state index in [4.69, 9.17) is 0 Å². The second-order valence-electron chi connectivity index (χ2n) is 4.99. The van der Waals surface area contributed by atoms with Gasteiger partial charge in [0.05, 0.1) is 0 Å². The van der Waals surface area contributed by atoms with E-state index in [2.05, 4.69) is 16.4 Å². The molecule has 0 radical (unpaired) electrons. The minimum absolute atomic E-state index is 0.145. The minimum atomic E-state index is 0.145. The van der Waals surface area contributed by atoms with Crippen molar-refractivity contribution in [3.05, 3.63) is 30.1 Å². The summed E-state index contributed by atoms with van der Waals surface area (Å²) in [7, 11) is 0. The highest BCUT2D eigenvalue weighted by Gasteiger charge is 2.46. The van der Waals surface area contributed by atoms with Crippen LogP contribution in [0.3, 0.4) is 0 Å².